The van der Waals surface area contributed by atoms with Gasteiger partial charge >= 0.3 is 6.61 Å². The molecule has 1 N–H and O–H groups in total. The summed E-state index contributed by atoms with van der Waals surface area (Å²) in [5, 5.41) is 14.7. The van der Waals surface area contributed by atoms with E-state index in [-0.39, 0.29) is 12.3 Å². The summed E-state index contributed by atoms with van der Waals surface area (Å²) in [6.45, 7) is 2.78. The number of anilines is 2. The number of alkyl halides is 2. The monoisotopic (exact) mass is 622 g/mol. The Morgan fingerprint density at radius 2 is 1.80 bits per heavy atom. The molecule has 1 aliphatic rings. The molecule has 4 aromatic heterocycles. The van der Waals surface area contributed by atoms with Crippen LogP contribution < -0.4 is 9.64 Å². The van der Waals surface area contributed by atoms with E-state index < -0.39 is 12.2 Å². The first-order valence-corrected chi connectivity index (χ1v) is 14.9. The summed E-state index contributed by atoms with van der Waals surface area (Å²) in [5.74, 6) is 1.27. The maximum atomic E-state index is 14.0. The minimum absolute atomic E-state index is 0.132. The van der Waals surface area contributed by atoms with E-state index in [0.717, 1.165) is 50.5 Å². The third kappa shape index (κ3) is 5.34. The standard InChI is InChI=1S/C34H32F2N8O2/c1-20-12-25(23-16-40-42(4)18-23)30-26(31(20)46-33(35)36)19-44-28-13-21(22-14-38-32(39-15-22)34(2,3)45)7-8-27(28)41-29(44)9-11-43(30)24-6-5-10-37-17-24/h5-8,10,12-18,33,45H,9,11,19H2,1-4H3. The maximum absolute atomic E-state index is 14.0. The summed E-state index contributed by atoms with van der Waals surface area (Å²) >= 11 is 0. The van der Waals surface area contributed by atoms with Crippen LogP contribution in [0.3, 0.4) is 0 Å². The largest absolute Gasteiger partial charge is 0.434 e. The molecule has 5 heterocycles. The molecule has 0 saturated carbocycles. The lowest BCUT2D eigenvalue weighted by Gasteiger charge is -2.33. The van der Waals surface area contributed by atoms with Gasteiger partial charge in [0.2, 0.25) is 0 Å². The second-order valence-corrected chi connectivity index (χ2v) is 12.0. The molecule has 0 atom stereocenters. The fourth-order valence-electron chi connectivity index (χ4n) is 6.11. The number of imidazole rings is 1. The van der Waals surface area contributed by atoms with Gasteiger partial charge in [0.1, 0.15) is 17.2 Å². The van der Waals surface area contributed by atoms with Gasteiger partial charge in [-0.15, -0.1) is 0 Å². The zero-order valence-electron chi connectivity index (χ0n) is 25.8. The molecule has 10 nitrogen and oxygen atoms in total. The number of fused-ring (bicyclic) bond motifs is 4. The minimum Gasteiger partial charge on any atom is -0.434 e. The first kappa shape index (κ1) is 29.5. The van der Waals surface area contributed by atoms with Crippen LogP contribution in [0, 0.1) is 6.92 Å². The molecular weight excluding hydrogens is 590 g/mol. The van der Waals surface area contributed by atoms with Crippen molar-refractivity contribution in [2.75, 3.05) is 11.4 Å². The normalized spacial score (nSPS) is 13.4. The Bertz CT molecular complexity index is 2050. The van der Waals surface area contributed by atoms with Gasteiger partial charge in [-0.25, -0.2) is 15.0 Å². The van der Waals surface area contributed by atoms with Crippen LogP contribution in [-0.4, -0.2) is 52.5 Å². The second-order valence-electron chi connectivity index (χ2n) is 12.0. The van der Waals surface area contributed by atoms with Crippen LogP contribution in [-0.2, 0) is 25.6 Å². The summed E-state index contributed by atoms with van der Waals surface area (Å²) in [6, 6.07) is 11.6. The summed E-state index contributed by atoms with van der Waals surface area (Å²) < 4.78 is 37.1. The highest BCUT2D eigenvalue weighted by Crippen LogP contribution is 2.46. The van der Waals surface area contributed by atoms with Crippen molar-refractivity contribution in [3.63, 3.8) is 0 Å². The van der Waals surface area contributed by atoms with Crippen molar-refractivity contribution in [3.05, 3.63) is 96.4 Å². The van der Waals surface area contributed by atoms with Crippen molar-refractivity contribution in [3.8, 4) is 28.0 Å². The van der Waals surface area contributed by atoms with E-state index in [1.165, 1.54) is 0 Å². The average Bonchev–Trinajstić information content (AvgIpc) is 3.61. The molecule has 6 aromatic rings. The van der Waals surface area contributed by atoms with Crippen molar-refractivity contribution in [1.82, 2.24) is 34.3 Å². The number of rotatable bonds is 6. The third-order valence-corrected chi connectivity index (χ3v) is 8.22. The Morgan fingerprint density at radius 1 is 1.00 bits per heavy atom. The van der Waals surface area contributed by atoms with Crippen molar-refractivity contribution in [1.29, 1.82) is 0 Å². The van der Waals surface area contributed by atoms with Crippen LogP contribution in [0.1, 0.15) is 36.6 Å². The Balaban J connectivity index is 1.45. The number of hydrogen-bond acceptors (Lipinski definition) is 8. The van der Waals surface area contributed by atoms with Gasteiger partial charge in [-0.05, 0) is 62.2 Å². The first-order chi connectivity index (χ1) is 22.1. The molecule has 46 heavy (non-hydrogen) atoms. The lowest BCUT2D eigenvalue weighted by Crippen LogP contribution is -2.27. The lowest BCUT2D eigenvalue weighted by molar-refractivity contribution is -0.0509. The van der Waals surface area contributed by atoms with Gasteiger partial charge in [-0.2, -0.15) is 13.9 Å². The van der Waals surface area contributed by atoms with Crippen LogP contribution in [0.25, 0.3) is 33.3 Å². The van der Waals surface area contributed by atoms with Crippen molar-refractivity contribution >= 4 is 22.4 Å². The van der Waals surface area contributed by atoms with E-state index in [1.807, 2.05) is 49.6 Å². The molecular formula is C34H32F2N8O2. The zero-order chi connectivity index (χ0) is 32.2. The number of benzene rings is 2. The van der Waals surface area contributed by atoms with Gasteiger partial charge in [0.15, 0.2) is 5.82 Å². The molecule has 0 saturated heterocycles. The number of hydrogen-bond donors (Lipinski definition) is 1. The third-order valence-electron chi connectivity index (χ3n) is 8.22. The molecule has 0 spiro atoms. The topological polar surface area (TPSA) is 107 Å². The van der Waals surface area contributed by atoms with Crippen LogP contribution in [0.15, 0.2) is 73.6 Å². The fraction of sp³-hybridized carbons (Fsp3) is 0.265. The summed E-state index contributed by atoms with van der Waals surface area (Å²) in [4.78, 5) is 20.2. The van der Waals surface area contributed by atoms with Gasteiger partial charge < -0.3 is 19.3 Å². The lowest BCUT2D eigenvalue weighted by atomic mass is 9.95. The molecule has 7 rings (SSSR count). The fourth-order valence-corrected chi connectivity index (χ4v) is 6.11. The van der Waals surface area contributed by atoms with E-state index in [0.29, 0.717) is 29.9 Å². The van der Waals surface area contributed by atoms with E-state index in [2.05, 4.69) is 29.5 Å². The average molecular weight is 623 g/mol. The van der Waals surface area contributed by atoms with Crippen molar-refractivity contribution in [2.24, 2.45) is 7.05 Å². The van der Waals surface area contributed by atoms with Gasteiger partial charge in [0.05, 0.1) is 41.3 Å². The number of ether oxygens (including phenoxy) is 1. The SMILES string of the molecule is Cc1cc(-c2cnn(C)c2)c2c(c1OC(F)F)Cn1c(nc3ccc(-c4cnc(C(C)(C)O)nc4)cc31)CCN2c1cccnc1. The summed E-state index contributed by atoms with van der Waals surface area (Å²) in [5.41, 5.74) is 6.56. The number of pyridine rings is 1. The molecule has 0 unspecified atom stereocenters. The van der Waals surface area contributed by atoms with Gasteiger partial charge in [-0.1, -0.05) is 6.07 Å². The van der Waals surface area contributed by atoms with Crippen LogP contribution >= 0.6 is 0 Å². The van der Waals surface area contributed by atoms with Gasteiger partial charge in [0.25, 0.3) is 0 Å². The van der Waals surface area contributed by atoms with Crippen LogP contribution in [0.2, 0.25) is 0 Å². The number of aromatic nitrogens is 7. The summed E-state index contributed by atoms with van der Waals surface area (Å²) in [6.07, 6.45) is 11.1. The molecule has 1 aliphatic heterocycles. The van der Waals surface area contributed by atoms with Gasteiger partial charge in [-0.3, -0.25) is 9.67 Å². The quantitative estimate of drug-likeness (QED) is 0.235. The number of aryl methyl sites for hydroxylation is 2. The molecule has 2 aromatic carbocycles. The van der Waals surface area contributed by atoms with Crippen molar-refractivity contribution < 1.29 is 18.6 Å². The highest BCUT2D eigenvalue weighted by Gasteiger charge is 2.30. The van der Waals surface area contributed by atoms with Crippen molar-refractivity contribution in [2.45, 2.75) is 45.9 Å². The summed E-state index contributed by atoms with van der Waals surface area (Å²) in [7, 11) is 1.85. The molecule has 0 aliphatic carbocycles. The Kier molecular flexibility index (Phi) is 7.23. The van der Waals surface area contributed by atoms with E-state index in [9.17, 15) is 13.9 Å². The molecule has 0 bridgehead atoms. The highest BCUT2D eigenvalue weighted by molar-refractivity contribution is 5.88. The number of aliphatic hydroxyl groups is 1. The van der Waals surface area contributed by atoms with E-state index in [1.54, 1.807) is 56.4 Å². The van der Waals surface area contributed by atoms with Crippen LogP contribution in [0.5, 0.6) is 5.75 Å². The second kappa shape index (κ2) is 11.3. The predicted octanol–water partition coefficient (Wildman–Crippen LogP) is 6.17. The first-order valence-electron chi connectivity index (χ1n) is 14.9. The molecule has 234 valence electrons. The van der Waals surface area contributed by atoms with Crippen LogP contribution in [0.4, 0.5) is 20.2 Å². The minimum atomic E-state index is -3.01. The van der Waals surface area contributed by atoms with E-state index >= 15 is 0 Å². The number of halogens is 2. The highest BCUT2D eigenvalue weighted by atomic mass is 19.3. The predicted molar refractivity (Wildman–Crippen MR) is 170 cm³/mol. The Morgan fingerprint density at radius 3 is 2.48 bits per heavy atom. The molecule has 0 amide bonds. The maximum Gasteiger partial charge on any atom is 0.387 e. The molecule has 12 heteroatoms. The smallest absolute Gasteiger partial charge is 0.387 e. The molecule has 0 radical (unpaired) electrons. The Labute approximate surface area is 264 Å². The number of nitrogens with zero attached hydrogens (tertiary/aromatic N) is 8. The van der Waals surface area contributed by atoms with E-state index in [4.69, 9.17) is 9.72 Å². The van der Waals surface area contributed by atoms with Gasteiger partial charge in [0, 0.05) is 67.1 Å². The Hall–Kier alpha value is -5.23. The zero-order valence-corrected chi connectivity index (χ0v) is 25.8. The molecule has 0 fully saturated rings.